The van der Waals surface area contributed by atoms with Gasteiger partial charge in [0.1, 0.15) is 0 Å². The number of rotatable bonds is 7. The topological polar surface area (TPSA) is 61.8 Å². The van der Waals surface area contributed by atoms with Gasteiger partial charge in [-0.25, -0.2) is 4.79 Å². The van der Waals surface area contributed by atoms with E-state index in [9.17, 15) is 18.1 Å². The molecule has 0 aromatic carbocycles. The molecule has 0 amide bonds. The van der Waals surface area contributed by atoms with Gasteiger partial charge >= 0.3 is 19.2 Å². The van der Waals surface area contributed by atoms with E-state index in [2.05, 4.69) is 13.8 Å². The Kier molecular flexibility index (Phi) is 6.23. The maximum absolute atomic E-state index is 13.6. The summed E-state index contributed by atoms with van der Waals surface area (Å²) in [7, 11) is -4.84. The van der Waals surface area contributed by atoms with E-state index in [1.54, 1.807) is 0 Å². The highest BCUT2D eigenvalue weighted by Crippen LogP contribution is 2.62. The van der Waals surface area contributed by atoms with Crippen molar-refractivity contribution in [3.63, 3.8) is 0 Å². The van der Waals surface area contributed by atoms with Gasteiger partial charge in [0.15, 0.2) is 0 Å². The number of hydrogen-bond donors (Lipinski definition) is 0. The molecule has 8 heteroatoms. The highest BCUT2D eigenvalue weighted by molar-refractivity contribution is 7.56. The monoisotopic (exact) mass is 274 g/mol. The van der Waals surface area contributed by atoms with Crippen LogP contribution in [0.25, 0.3) is 0 Å². The van der Waals surface area contributed by atoms with Crippen LogP contribution in [0.2, 0.25) is 0 Å². The average molecular weight is 274 g/mol. The van der Waals surface area contributed by atoms with Crippen LogP contribution in [0.3, 0.4) is 0 Å². The molecular weight excluding hydrogens is 257 g/mol. The molecule has 0 rings (SSSR count). The minimum atomic E-state index is -4.84. The molecule has 0 aromatic rings. The summed E-state index contributed by atoms with van der Waals surface area (Å²) in [5.74, 6) is -1.90. The summed E-state index contributed by atoms with van der Waals surface area (Å²) in [6.07, 6.45) is -0.745. The Morgan fingerprint density at radius 3 is 1.94 bits per heavy atom. The van der Waals surface area contributed by atoms with E-state index >= 15 is 0 Å². The highest BCUT2D eigenvalue weighted by Gasteiger charge is 2.61. The molecule has 0 saturated heterocycles. The van der Waals surface area contributed by atoms with Crippen LogP contribution in [0, 0.1) is 0 Å². The lowest BCUT2D eigenvalue weighted by Gasteiger charge is -2.24. The molecule has 0 aliphatic rings. The number of alkyl halides is 2. The second-order valence-electron chi connectivity index (χ2n) is 3.33. The van der Waals surface area contributed by atoms with Crippen molar-refractivity contribution in [3.8, 4) is 0 Å². The van der Waals surface area contributed by atoms with Crippen molar-refractivity contribution in [1.82, 2.24) is 0 Å². The molecule has 0 spiro atoms. The maximum Gasteiger partial charge on any atom is 0.440 e. The number of carbonyl (C=O) groups excluding carboxylic acids is 1. The van der Waals surface area contributed by atoms with E-state index < -0.39 is 25.3 Å². The molecule has 0 aromatic heterocycles. The molecule has 0 aliphatic carbocycles. The Morgan fingerprint density at radius 1 is 1.24 bits per heavy atom. The summed E-state index contributed by atoms with van der Waals surface area (Å²) in [6.45, 7) is 5.02. The zero-order valence-corrected chi connectivity index (χ0v) is 11.1. The van der Waals surface area contributed by atoms with Gasteiger partial charge in [-0.2, -0.15) is 8.78 Å². The van der Waals surface area contributed by atoms with Crippen LogP contribution in [-0.2, 0) is 23.1 Å². The normalized spacial score (nSPS) is 12.9. The van der Waals surface area contributed by atoms with E-state index in [4.69, 9.17) is 0 Å². The van der Waals surface area contributed by atoms with E-state index in [1.807, 2.05) is 0 Å². The second-order valence-corrected chi connectivity index (χ2v) is 5.40. The second kappa shape index (κ2) is 6.42. The summed E-state index contributed by atoms with van der Waals surface area (Å²) < 4.78 is 52.2. The fraction of sp³-hybridized carbons (Fsp3) is 0.889. The molecule has 17 heavy (non-hydrogen) atoms. The first-order valence-electron chi connectivity index (χ1n) is 5.19. The maximum atomic E-state index is 13.6. The van der Waals surface area contributed by atoms with Crippen molar-refractivity contribution in [1.29, 1.82) is 0 Å². The lowest BCUT2D eigenvalue weighted by atomic mass is 10.5. The lowest BCUT2D eigenvalue weighted by molar-refractivity contribution is -0.167. The first kappa shape index (κ1) is 16.5. The van der Waals surface area contributed by atoms with Crippen molar-refractivity contribution in [2.24, 2.45) is 0 Å². The highest BCUT2D eigenvalue weighted by atomic mass is 31.2. The molecule has 0 atom stereocenters. The number of ether oxygens (including phenoxy) is 1. The van der Waals surface area contributed by atoms with Crippen LogP contribution in [0.1, 0.15) is 27.7 Å². The van der Waals surface area contributed by atoms with E-state index in [0.717, 1.165) is 0 Å². The van der Waals surface area contributed by atoms with Crippen molar-refractivity contribution < 1.29 is 31.9 Å². The van der Waals surface area contributed by atoms with E-state index in [0.29, 0.717) is 0 Å². The fourth-order valence-corrected chi connectivity index (χ4v) is 2.29. The van der Waals surface area contributed by atoms with Gasteiger partial charge in [-0.15, -0.1) is 0 Å². The molecule has 0 radical (unpaired) electrons. The van der Waals surface area contributed by atoms with Gasteiger partial charge in [-0.3, -0.25) is 4.57 Å². The van der Waals surface area contributed by atoms with Gasteiger partial charge < -0.3 is 13.8 Å². The molecular formula is C9H17F2O5P. The minimum Gasteiger partial charge on any atom is -0.458 e. The Balaban J connectivity index is 5.07. The molecule has 102 valence electrons. The van der Waals surface area contributed by atoms with Gasteiger partial charge in [-0.1, -0.05) is 0 Å². The SMILES string of the molecule is CCOP(=O)(OCC)C(F)(F)C(=O)OC(C)C. The number of carbonyl (C=O) groups is 1. The molecule has 0 bridgehead atoms. The smallest absolute Gasteiger partial charge is 0.440 e. The molecule has 0 heterocycles. The zero-order chi connectivity index (χ0) is 13.7. The zero-order valence-electron chi connectivity index (χ0n) is 10.2. The van der Waals surface area contributed by atoms with Gasteiger partial charge in [0.2, 0.25) is 0 Å². The largest absolute Gasteiger partial charge is 0.458 e. The van der Waals surface area contributed by atoms with Gasteiger partial charge in [0, 0.05) is 0 Å². The average Bonchev–Trinajstić information content (AvgIpc) is 2.16. The third kappa shape index (κ3) is 4.01. The Labute approximate surface area is 99.0 Å². The minimum absolute atomic E-state index is 0.262. The van der Waals surface area contributed by atoms with Crippen LogP contribution in [0.5, 0.6) is 0 Å². The molecule has 0 N–H and O–H groups in total. The number of hydrogen-bond acceptors (Lipinski definition) is 5. The van der Waals surface area contributed by atoms with Crippen LogP contribution in [0.15, 0.2) is 0 Å². The lowest BCUT2D eigenvalue weighted by Crippen LogP contribution is -2.34. The van der Waals surface area contributed by atoms with Gasteiger partial charge in [-0.05, 0) is 27.7 Å². The number of esters is 1. The van der Waals surface area contributed by atoms with Crippen LogP contribution in [0.4, 0.5) is 8.78 Å². The summed E-state index contributed by atoms with van der Waals surface area (Å²) in [4.78, 5) is 11.2. The first-order chi connectivity index (χ1) is 7.71. The summed E-state index contributed by atoms with van der Waals surface area (Å²) >= 11 is 0. The van der Waals surface area contributed by atoms with Gasteiger partial charge in [0.05, 0.1) is 19.3 Å². The fourth-order valence-electron chi connectivity index (χ4n) is 0.936. The predicted octanol–water partition coefficient (Wildman–Crippen LogP) is 2.80. The standard InChI is InChI=1S/C9H17F2O5P/c1-5-14-17(13,15-6-2)9(10,11)8(12)16-7(3)4/h7H,5-6H2,1-4H3. The molecule has 0 unspecified atom stereocenters. The summed E-state index contributed by atoms with van der Waals surface area (Å²) in [5.41, 5.74) is -4.30. The Morgan fingerprint density at radius 2 is 1.65 bits per heavy atom. The predicted molar refractivity (Wildman–Crippen MR) is 57.0 cm³/mol. The molecule has 0 saturated carbocycles. The van der Waals surface area contributed by atoms with Crippen molar-refractivity contribution in [3.05, 3.63) is 0 Å². The third-order valence-electron chi connectivity index (χ3n) is 1.53. The molecule has 0 fully saturated rings. The Bertz CT molecular complexity index is 296. The third-order valence-corrected chi connectivity index (χ3v) is 3.60. The van der Waals surface area contributed by atoms with Crippen molar-refractivity contribution in [2.45, 2.75) is 39.5 Å². The van der Waals surface area contributed by atoms with E-state index in [1.165, 1.54) is 27.7 Å². The van der Waals surface area contributed by atoms with Crippen LogP contribution >= 0.6 is 7.60 Å². The summed E-state index contributed by atoms with van der Waals surface area (Å²) in [6, 6.07) is 0. The molecule has 5 nitrogen and oxygen atoms in total. The van der Waals surface area contributed by atoms with Crippen molar-refractivity contribution >= 4 is 13.6 Å². The van der Waals surface area contributed by atoms with Crippen LogP contribution in [-0.4, -0.2) is 31.0 Å². The summed E-state index contributed by atoms with van der Waals surface area (Å²) in [5, 5.41) is 0. The molecule has 0 aliphatic heterocycles. The number of halogens is 2. The first-order valence-corrected chi connectivity index (χ1v) is 6.73. The van der Waals surface area contributed by atoms with Crippen molar-refractivity contribution in [2.75, 3.05) is 13.2 Å². The quantitative estimate of drug-likeness (QED) is 0.527. The van der Waals surface area contributed by atoms with Gasteiger partial charge in [0.25, 0.3) is 0 Å². The Hall–Kier alpha value is -0.520. The van der Waals surface area contributed by atoms with E-state index in [-0.39, 0.29) is 13.2 Å². The van der Waals surface area contributed by atoms with Crippen LogP contribution < -0.4 is 0 Å².